The number of aromatic nitrogens is 1. The van der Waals surface area contributed by atoms with Crippen LogP contribution in [-0.2, 0) is 0 Å². The molecule has 0 unspecified atom stereocenters. The quantitative estimate of drug-likeness (QED) is 0.190. The summed E-state index contributed by atoms with van der Waals surface area (Å²) >= 11 is 0. The van der Waals surface area contributed by atoms with Crippen LogP contribution in [0.3, 0.4) is 0 Å². The maximum absolute atomic E-state index is 6.60. The second-order valence-corrected chi connectivity index (χ2v) is 15.7. The summed E-state index contributed by atoms with van der Waals surface area (Å²) < 4.78 is 13.2. The van der Waals surface area contributed by atoms with E-state index in [1.807, 2.05) is 12.1 Å². The summed E-state index contributed by atoms with van der Waals surface area (Å²) in [6.07, 6.45) is 0. The van der Waals surface area contributed by atoms with Crippen LogP contribution in [0.1, 0.15) is 0 Å². The van der Waals surface area contributed by atoms with Crippen molar-refractivity contribution in [1.29, 1.82) is 0 Å². The Morgan fingerprint density at radius 2 is 0.950 bits per heavy atom. The molecule has 0 fully saturated rings. The Labute approximate surface area is 344 Å². The van der Waals surface area contributed by atoms with E-state index >= 15 is 0 Å². The molecule has 0 aliphatic rings. The first kappa shape index (κ1) is 32.9. The monoisotopic (exact) mass is 766 g/mol. The van der Waals surface area contributed by atoms with E-state index in [2.05, 4.69) is 198 Å². The molecule has 0 saturated carbocycles. The molecule has 0 aliphatic heterocycles. The third-order valence-electron chi connectivity index (χ3n) is 12.4. The highest BCUT2D eigenvalue weighted by molar-refractivity contribution is 6.26. The summed E-state index contributed by atoms with van der Waals surface area (Å²) in [6.45, 7) is 0. The maximum atomic E-state index is 6.60. The fourth-order valence-corrected chi connectivity index (χ4v) is 9.63. The highest BCUT2D eigenvalue weighted by atomic mass is 16.3. The van der Waals surface area contributed by atoms with Gasteiger partial charge in [0, 0.05) is 55.6 Å². The summed E-state index contributed by atoms with van der Waals surface area (Å²) in [7, 11) is 0. The van der Waals surface area contributed by atoms with Gasteiger partial charge in [-0.25, -0.2) is 0 Å². The Morgan fingerprint density at radius 3 is 1.77 bits per heavy atom. The van der Waals surface area contributed by atoms with E-state index in [1.165, 1.54) is 32.7 Å². The Bertz CT molecular complexity index is 3830. The molecule has 10 aromatic carbocycles. The van der Waals surface area contributed by atoms with Gasteiger partial charge in [-0.3, -0.25) is 0 Å². The van der Waals surface area contributed by atoms with Crippen molar-refractivity contribution in [2.45, 2.75) is 0 Å². The number of hydrogen-bond donors (Lipinski definition) is 1. The van der Waals surface area contributed by atoms with Gasteiger partial charge in [0.2, 0.25) is 0 Å². The highest BCUT2D eigenvalue weighted by Gasteiger charge is 2.20. The zero-order chi connectivity index (χ0) is 39.3. The number of furan rings is 2. The number of benzene rings is 10. The molecule has 60 heavy (non-hydrogen) atoms. The van der Waals surface area contributed by atoms with Gasteiger partial charge >= 0.3 is 0 Å². The highest BCUT2D eigenvalue weighted by Crippen LogP contribution is 2.44. The molecule has 13 aromatic rings. The molecule has 3 heterocycles. The summed E-state index contributed by atoms with van der Waals surface area (Å²) in [5.74, 6) is 0. The van der Waals surface area contributed by atoms with E-state index in [-0.39, 0.29) is 0 Å². The van der Waals surface area contributed by atoms with Crippen LogP contribution in [0.2, 0.25) is 0 Å². The molecule has 13 rings (SSSR count). The fraction of sp³-hybridized carbons (Fsp3) is 0. The predicted octanol–water partition coefficient (Wildman–Crippen LogP) is 16.2. The van der Waals surface area contributed by atoms with Gasteiger partial charge in [-0.2, -0.15) is 0 Å². The number of para-hydroxylation sites is 1. The van der Waals surface area contributed by atoms with Gasteiger partial charge in [0.25, 0.3) is 0 Å². The Kier molecular flexibility index (Phi) is 6.98. The number of anilines is 3. The molecule has 4 nitrogen and oxygen atoms in total. The molecular formula is C56H34N2O2. The van der Waals surface area contributed by atoms with Crippen molar-refractivity contribution in [2.24, 2.45) is 0 Å². The normalized spacial score (nSPS) is 12.0. The minimum atomic E-state index is 0.857. The second-order valence-electron chi connectivity index (χ2n) is 15.7. The Balaban J connectivity index is 0.965. The molecular weight excluding hydrogens is 733 g/mol. The van der Waals surface area contributed by atoms with Crippen molar-refractivity contribution < 1.29 is 8.83 Å². The fourth-order valence-electron chi connectivity index (χ4n) is 9.63. The van der Waals surface area contributed by atoms with Crippen LogP contribution in [0.4, 0.5) is 17.1 Å². The van der Waals surface area contributed by atoms with Gasteiger partial charge < -0.3 is 18.7 Å². The lowest BCUT2D eigenvalue weighted by Gasteiger charge is -2.26. The van der Waals surface area contributed by atoms with Gasteiger partial charge in [0.1, 0.15) is 22.3 Å². The third kappa shape index (κ3) is 4.91. The Morgan fingerprint density at radius 1 is 0.333 bits per heavy atom. The van der Waals surface area contributed by atoms with Crippen molar-refractivity contribution in [3.8, 4) is 22.3 Å². The molecule has 0 radical (unpaired) electrons. The lowest BCUT2D eigenvalue weighted by molar-refractivity contribution is 0.669. The summed E-state index contributed by atoms with van der Waals surface area (Å²) in [5, 5.41) is 11.7. The van der Waals surface area contributed by atoms with Crippen molar-refractivity contribution >= 4 is 104 Å². The van der Waals surface area contributed by atoms with Crippen LogP contribution in [0.25, 0.3) is 109 Å². The minimum absolute atomic E-state index is 0.857. The summed E-state index contributed by atoms with van der Waals surface area (Å²) in [4.78, 5) is 6.01. The number of nitrogens with zero attached hydrogens (tertiary/aromatic N) is 1. The van der Waals surface area contributed by atoms with Crippen molar-refractivity contribution in [1.82, 2.24) is 4.98 Å². The molecule has 3 aromatic heterocycles. The van der Waals surface area contributed by atoms with Crippen molar-refractivity contribution in [3.63, 3.8) is 0 Å². The number of nitrogens with one attached hydrogen (secondary N) is 1. The second kappa shape index (κ2) is 12.7. The van der Waals surface area contributed by atoms with E-state index in [0.29, 0.717) is 0 Å². The minimum Gasteiger partial charge on any atom is -0.456 e. The number of fused-ring (bicyclic) bond motifs is 13. The van der Waals surface area contributed by atoms with E-state index in [4.69, 9.17) is 8.83 Å². The van der Waals surface area contributed by atoms with Crippen LogP contribution in [-0.4, -0.2) is 4.98 Å². The lowest BCUT2D eigenvalue weighted by Crippen LogP contribution is -2.09. The van der Waals surface area contributed by atoms with Gasteiger partial charge in [-0.15, -0.1) is 0 Å². The first-order valence-electron chi connectivity index (χ1n) is 20.4. The summed E-state index contributed by atoms with van der Waals surface area (Å²) in [5.41, 5.74) is 13.5. The molecule has 0 amide bonds. The molecule has 0 saturated heterocycles. The van der Waals surface area contributed by atoms with E-state index in [0.717, 1.165) is 93.9 Å². The smallest absolute Gasteiger partial charge is 0.145 e. The van der Waals surface area contributed by atoms with Gasteiger partial charge in [-0.1, -0.05) is 127 Å². The van der Waals surface area contributed by atoms with Crippen molar-refractivity contribution in [3.05, 3.63) is 200 Å². The van der Waals surface area contributed by atoms with Crippen LogP contribution < -0.4 is 4.90 Å². The van der Waals surface area contributed by atoms with Crippen LogP contribution in [0, 0.1) is 0 Å². The molecule has 0 spiro atoms. The third-order valence-corrected chi connectivity index (χ3v) is 12.4. The average molecular weight is 767 g/mol. The molecule has 0 bridgehead atoms. The molecule has 1 N–H and O–H groups in total. The lowest BCUT2D eigenvalue weighted by atomic mass is 9.97. The number of H-pyrrole nitrogens is 1. The van der Waals surface area contributed by atoms with Gasteiger partial charge in [-0.05, 0) is 111 Å². The van der Waals surface area contributed by atoms with Crippen LogP contribution >= 0.6 is 0 Å². The molecule has 0 atom stereocenters. The standard InChI is InChI=1S/C56H34N2O2/c1-3-12-41-34(9-1)11-7-15-42(41)36-19-24-38(25-20-36)58(40-28-29-47-52(33-40)59-51-32-23-35-10-2-4-13-43(35)53(47)51)39-26-21-37(22-27-39)44-16-8-17-48-54(44)55-49(57-48)31-30-46-45-14-5-6-18-50(45)60-56(46)55/h1-33,57H. The first-order valence-corrected chi connectivity index (χ1v) is 20.4. The van der Waals surface area contributed by atoms with E-state index < -0.39 is 0 Å². The van der Waals surface area contributed by atoms with Gasteiger partial charge in [0.15, 0.2) is 0 Å². The van der Waals surface area contributed by atoms with Crippen molar-refractivity contribution in [2.75, 3.05) is 4.90 Å². The SMILES string of the molecule is c1ccc2c(-c3ccc(N(c4ccc(-c5cccc6[nH]c7ccc8c9ccccc9oc8c7c56)cc4)c4ccc5c(c4)oc4ccc6ccccc6c45)cc3)cccc2c1. The van der Waals surface area contributed by atoms with Crippen LogP contribution in [0.5, 0.6) is 0 Å². The largest absolute Gasteiger partial charge is 0.456 e. The van der Waals surface area contributed by atoms with E-state index in [9.17, 15) is 0 Å². The summed E-state index contributed by atoms with van der Waals surface area (Å²) in [6, 6.07) is 71.5. The van der Waals surface area contributed by atoms with Gasteiger partial charge in [0.05, 0.1) is 10.9 Å². The number of hydrogen-bond acceptors (Lipinski definition) is 3. The first-order chi connectivity index (χ1) is 29.7. The number of rotatable bonds is 5. The molecule has 4 heteroatoms. The predicted molar refractivity (Wildman–Crippen MR) is 251 cm³/mol. The zero-order valence-corrected chi connectivity index (χ0v) is 32.3. The number of aromatic amines is 1. The Hall–Kier alpha value is -8.08. The topological polar surface area (TPSA) is 45.3 Å². The van der Waals surface area contributed by atoms with E-state index in [1.54, 1.807) is 0 Å². The molecule has 280 valence electrons. The average Bonchev–Trinajstić information content (AvgIpc) is 4.01. The van der Waals surface area contributed by atoms with Crippen LogP contribution in [0.15, 0.2) is 209 Å². The molecule has 0 aliphatic carbocycles. The maximum Gasteiger partial charge on any atom is 0.145 e. The zero-order valence-electron chi connectivity index (χ0n) is 32.3.